The van der Waals surface area contributed by atoms with Crippen molar-refractivity contribution in [3.8, 4) is 11.3 Å². The van der Waals surface area contributed by atoms with Crippen LogP contribution in [0.3, 0.4) is 0 Å². The van der Waals surface area contributed by atoms with Crippen molar-refractivity contribution in [2.24, 2.45) is 0 Å². The maximum absolute atomic E-state index is 11.0. The second-order valence-electron chi connectivity index (χ2n) is 4.78. The highest BCUT2D eigenvalue weighted by Gasteiger charge is 2.13. The highest BCUT2D eigenvalue weighted by molar-refractivity contribution is 5.66. The molecule has 0 fully saturated rings. The van der Waals surface area contributed by atoms with Crippen LogP contribution in [0.25, 0.3) is 16.9 Å². The number of benzene rings is 1. The van der Waals surface area contributed by atoms with Crippen LogP contribution in [0.15, 0.2) is 42.6 Å². The molecule has 2 heterocycles. The van der Waals surface area contributed by atoms with Crippen LogP contribution >= 0.6 is 0 Å². The van der Waals surface area contributed by atoms with E-state index in [1.54, 1.807) is 19.1 Å². The third kappa shape index (κ3) is 1.93. The molecular formula is C15H13N3O2. The summed E-state index contributed by atoms with van der Waals surface area (Å²) in [5.41, 5.74) is 4.17. The normalized spacial score (nSPS) is 10.9. The highest BCUT2D eigenvalue weighted by Crippen LogP contribution is 2.26. The van der Waals surface area contributed by atoms with Gasteiger partial charge in [0.1, 0.15) is 5.65 Å². The number of nitrogens with zero attached hydrogens (tertiary/aromatic N) is 3. The predicted molar refractivity (Wildman–Crippen MR) is 76.8 cm³/mol. The Hall–Kier alpha value is -2.69. The van der Waals surface area contributed by atoms with Gasteiger partial charge in [0, 0.05) is 29.1 Å². The molecule has 0 saturated carbocycles. The van der Waals surface area contributed by atoms with Crippen LogP contribution in [0.1, 0.15) is 11.3 Å². The molecule has 0 aliphatic rings. The zero-order valence-corrected chi connectivity index (χ0v) is 11.2. The Labute approximate surface area is 115 Å². The van der Waals surface area contributed by atoms with E-state index in [2.05, 4.69) is 4.98 Å². The van der Waals surface area contributed by atoms with E-state index in [1.165, 1.54) is 0 Å². The van der Waals surface area contributed by atoms with E-state index in [9.17, 15) is 10.1 Å². The lowest BCUT2D eigenvalue weighted by Gasteiger charge is -2.00. The molecule has 0 spiro atoms. The van der Waals surface area contributed by atoms with Crippen molar-refractivity contribution in [2.75, 3.05) is 0 Å². The lowest BCUT2D eigenvalue weighted by Crippen LogP contribution is -1.92. The summed E-state index contributed by atoms with van der Waals surface area (Å²) in [7, 11) is 0. The van der Waals surface area contributed by atoms with Gasteiger partial charge in [0.25, 0.3) is 5.69 Å². The van der Waals surface area contributed by atoms with Crippen molar-refractivity contribution in [3.63, 3.8) is 0 Å². The van der Waals surface area contributed by atoms with Crippen LogP contribution in [0.4, 0.5) is 5.69 Å². The molecule has 0 aliphatic heterocycles. The van der Waals surface area contributed by atoms with Gasteiger partial charge in [-0.1, -0.05) is 18.2 Å². The fraction of sp³-hybridized carbons (Fsp3) is 0.133. The van der Waals surface area contributed by atoms with Crippen molar-refractivity contribution >= 4 is 11.3 Å². The first-order valence-corrected chi connectivity index (χ1v) is 6.26. The van der Waals surface area contributed by atoms with Crippen molar-refractivity contribution in [1.82, 2.24) is 9.38 Å². The summed E-state index contributed by atoms with van der Waals surface area (Å²) in [6, 6.07) is 11.0. The van der Waals surface area contributed by atoms with Gasteiger partial charge in [0.15, 0.2) is 0 Å². The zero-order valence-electron chi connectivity index (χ0n) is 11.2. The van der Waals surface area contributed by atoms with Crippen molar-refractivity contribution in [1.29, 1.82) is 0 Å². The van der Waals surface area contributed by atoms with Gasteiger partial charge in [-0.05, 0) is 26.0 Å². The van der Waals surface area contributed by atoms with Crippen molar-refractivity contribution in [3.05, 3.63) is 64.0 Å². The maximum Gasteiger partial charge on any atom is 0.272 e. The summed E-state index contributed by atoms with van der Waals surface area (Å²) in [6.07, 6.45) is 1.90. The molecule has 0 saturated heterocycles. The standard InChI is InChI=1S/C15H13N3O2/c1-10-6-7-12(8-14(10)18(19)20)13-9-17-11(2)4-3-5-15(17)16-13/h3-9H,1-2H3. The molecule has 3 aromatic rings. The lowest BCUT2D eigenvalue weighted by atomic mass is 10.1. The first kappa shape index (κ1) is 12.3. The summed E-state index contributed by atoms with van der Waals surface area (Å²) in [4.78, 5) is 15.2. The molecule has 0 atom stereocenters. The minimum Gasteiger partial charge on any atom is -0.304 e. The second kappa shape index (κ2) is 4.45. The molecule has 20 heavy (non-hydrogen) atoms. The van der Waals surface area contributed by atoms with E-state index in [1.807, 2.05) is 41.8 Å². The molecule has 0 bridgehead atoms. The average Bonchev–Trinajstić information content (AvgIpc) is 2.84. The lowest BCUT2D eigenvalue weighted by molar-refractivity contribution is -0.385. The molecule has 0 amide bonds. The number of imidazole rings is 1. The molecule has 0 radical (unpaired) electrons. The van der Waals surface area contributed by atoms with E-state index < -0.39 is 0 Å². The van der Waals surface area contributed by atoms with Crippen molar-refractivity contribution < 1.29 is 4.92 Å². The Morgan fingerprint density at radius 2 is 2.00 bits per heavy atom. The number of nitro benzene ring substituents is 1. The molecule has 100 valence electrons. The minimum atomic E-state index is -0.361. The number of pyridine rings is 1. The summed E-state index contributed by atoms with van der Waals surface area (Å²) in [5.74, 6) is 0. The van der Waals surface area contributed by atoms with Crippen LogP contribution in [-0.4, -0.2) is 14.3 Å². The number of rotatable bonds is 2. The number of hydrogen-bond acceptors (Lipinski definition) is 3. The Morgan fingerprint density at radius 3 is 2.70 bits per heavy atom. The number of hydrogen-bond donors (Lipinski definition) is 0. The van der Waals surface area contributed by atoms with Crippen LogP contribution in [0.5, 0.6) is 0 Å². The SMILES string of the molecule is Cc1ccc(-c2cn3c(C)cccc3n2)cc1[N+](=O)[O-]. The van der Waals surface area contributed by atoms with E-state index in [0.717, 1.165) is 22.6 Å². The largest absolute Gasteiger partial charge is 0.304 e. The smallest absolute Gasteiger partial charge is 0.272 e. The molecule has 5 nitrogen and oxygen atoms in total. The summed E-state index contributed by atoms with van der Waals surface area (Å²) < 4.78 is 1.97. The Balaban J connectivity index is 2.18. The Bertz CT molecular complexity index is 821. The molecule has 5 heteroatoms. The van der Waals surface area contributed by atoms with Crippen molar-refractivity contribution in [2.45, 2.75) is 13.8 Å². The zero-order chi connectivity index (χ0) is 14.3. The number of aromatic nitrogens is 2. The monoisotopic (exact) mass is 267 g/mol. The van der Waals surface area contributed by atoms with Gasteiger partial charge in [-0.15, -0.1) is 0 Å². The van der Waals surface area contributed by atoms with Gasteiger partial charge >= 0.3 is 0 Å². The molecule has 0 unspecified atom stereocenters. The number of aryl methyl sites for hydroxylation is 2. The Morgan fingerprint density at radius 1 is 1.20 bits per heavy atom. The Kier molecular flexibility index (Phi) is 2.75. The van der Waals surface area contributed by atoms with Crippen LogP contribution in [-0.2, 0) is 0 Å². The van der Waals surface area contributed by atoms with Crippen LogP contribution in [0.2, 0.25) is 0 Å². The van der Waals surface area contributed by atoms with Gasteiger partial charge in [-0.25, -0.2) is 4.98 Å². The van der Waals surface area contributed by atoms with E-state index >= 15 is 0 Å². The van der Waals surface area contributed by atoms with Gasteiger partial charge in [-0.2, -0.15) is 0 Å². The molecule has 1 aromatic carbocycles. The predicted octanol–water partition coefficient (Wildman–Crippen LogP) is 3.53. The van der Waals surface area contributed by atoms with E-state index in [4.69, 9.17) is 0 Å². The number of nitro groups is 1. The molecule has 0 N–H and O–H groups in total. The van der Waals surface area contributed by atoms with Gasteiger partial charge < -0.3 is 4.40 Å². The fourth-order valence-electron chi connectivity index (χ4n) is 2.25. The topological polar surface area (TPSA) is 60.4 Å². The summed E-state index contributed by atoms with van der Waals surface area (Å²) >= 11 is 0. The van der Waals surface area contributed by atoms with Gasteiger partial charge in [0.2, 0.25) is 0 Å². The fourth-order valence-corrected chi connectivity index (χ4v) is 2.25. The highest BCUT2D eigenvalue weighted by atomic mass is 16.6. The third-order valence-corrected chi connectivity index (χ3v) is 3.40. The molecule has 3 rings (SSSR count). The molecular weight excluding hydrogens is 254 g/mol. The van der Waals surface area contributed by atoms with Gasteiger partial charge in [0.05, 0.1) is 10.6 Å². The van der Waals surface area contributed by atoms with Gasteiger partial charge in [-0.3, -0.25) is 10.1 Å². The first-order chi connectivity index (χ1) is 9.56. The summed E-state index contributed by atoms with van der Waals surface area (Å²) in [5, 5.41) is 11.0. The minimum absolute atomic E-state index is 0.122. The van der Waals surface area contributed by atoms with E-state index in [-0.39, 0.29) is 10.6 Å². The number of fused-ring (bicyclic) bond motifs is 1. The maximum atomic E-state index is 11.0. The third-order valence-electron chi connectivity index (χ3n) is 3.40. The first-order valence-electron chi connectivity index (χ1n) is 6.26. The van der Waals surface area contributed by atoms with Crippen LogP contribution in [0, 0.1) is 24.0 Å². The molecule has 2 aromatic heterocycles. The average molecular weight is 267 g/mol. The van der Waals surface area contributed by atoms with E-state index in [0.29, 0.717) is 5.56 Å². The summed E-state index contributed by atoms with van der Waals surface area (Å²) in [6.45, 7) is 3.73. The second-order valence-corrected chi connectivity index (χ2v) is 4.78. The van der Waals surface area contributed by atoms with Crippen LogP contribution < -0.4 is 0 Å². The molecule has 0 aliphatic carbocycles. The quantitative estimate of drug-likeness (QED) is 0.527.